The normalized spacial score (nSPS) is 17.5. The van der Waals surface area contributed by atoms with Crippen LogP contribution in [0.1, 0.15) is 90.5 Å². The van der Waals surface area contributed by atoms with E-state index in [1.165, 1.54) is 11.6 Å². The standard InChI is InChI=1S/C38H50N2O7S/c1-8-39(9-2)27-17-19-30-31(37(3,4)5)25-28(47-34(30)24-27)14-13-15-35-38(6,21-23-46-7)32-26-29(48(43,44)45)18-20-33(32)40(35)22-12-10-11-16-36(41)42/h13-15,17-20,24-26H,8-12,16,21-23H2,1-7H3,(H-,41,42,43,44,45)/p+1. The molecule has 1 atom stereocenters. The van der Waals surface area contributed by atoms with E-state index in [1.807, 2.05) is 18.2 Å². The first-order valence-electron chi connectivity index (χ1n) is 16.8. The van der Waals surface area contributed by atoms with Gasteiger partial charge in [-0.1, -0.05) is 33.3 Å². The minimum atomic E-state index is -4.42. The maximum Gasteiger partial charge on any atom is 0.303 e. The fraction of sp³-hybridized carbons (Fsp3) is 0.474. The maximum atomic E-state index is 12.2. The lowest BCUT2D eigenvalue weighted by Gasteiger charge is -2.30. The van der Waals surface area contributed by atoms with Crippen LogP contribution in [0.15, 0.2) is 69.6 Å². The third-order valence-electron chi connectivity index (χ3n) is 9.31. The summed E-state index contributed by atoms with van der Waals surface area (Å²) < 4.78 is 48.5. The van der Waals surface area contributed by atoms with E-state index in [2.05, 4.69) is 75.3 Å². The highest BCUT2D eigenvalue weighted by Crippen LogP contribution is 2.51. The molecule has 260 valence electrons. The Balaban J connectivity index is 1.84. The summed E-state index contributed by atoms with van der Waals surface area (Å²) in [6.45, 7) is 15.8. The van der Waals surface area contributed by atoms with Crippen LogP contribution < -0.4 is 14.8 Å². The van der Waals surface area contributed by atoms with Crippen molar-refractivity contribution in [3.8, 4) is 11.3 Å². The number of allylic oxidation sites excluding steroid dienone is 3. The van der Waals surface area contributed by atoms with Crippen LogP contribution in [0, 0.1) is 0 Å². The van der Waals surface area contributed by atoms with Gasteiger partial charge >= 0.3 is 5.97 Å². The van der Waals surface area contributed by atoms with Gasteiger partial charge in [0.25, 0.3) is 10.1 Å². The predicted molar refractivity (Wildman–Crippen MR) is 191 cm³/mol. The average molecular weight is 680 g/mol. The number of methoxy groups -OCH3 is 1. The number of carboxylic acids is 1. The van der Waals surface area contributed by atoms with Crippen molar-refractivity contribution >= 4 is 27.9 Å². The molecule has 10 heteroatoms. The van der Waals surface area contributed by atoms with E-state index in [4.69, 9.17) is 14.3 Å². The number of nitrogens with zero attached hydrogens (tertiary/aromatic N) is 2. The molecule has 9 nitrogen and oxygen atoms in total. The molecule has 0 amide bonds. The molecule has 2 N–H and O–H groups in total. The Bertz CT molecular complexity index is 1830. The third kappa shape index (κ3) is 8.28. The number of aliphatic carboxylic acids is 1. The molecule has 3 aliphatic rings. The number of hydrogen-bond acceptors (Lipinski definition) is 6. The molecule has 1 aromatic rings. The van der Waals surface area contributed by atoms with E-state index in [9.17, 15) is 17.8 Å². The van der Waals surface area contributed by atoms with Gasteiger partial charge in [-0.3, -0.25) is 9.35 Å². The minimum absolute atomic E-state index is 0.119. The van der Waals surface area contributed by atoms with Crippen molar-refractivity contribution in [2.24, 2.45) is 0 Å². The summed E-state index contributed by atoms with van der Waals surface area (Å²) in [6, 6.07) is 13.2. The number of carbonyl (C=O) groups is 1. The Labute approximate surface area is 285 Å². The molecule has 1 unspecified atom stereocenters. The molecule has 0 spiro atoms. The summed E-state index contributed by atoms with van der Waals surface area (Å²) >= 11 is 0. The second kappa shape index (κ2) is 15.2. The van der Waals surface area contributed by atoms with Crippen molar-refractivity contribution in [1.29, 1.82) is 0 Å². The van der Waals surface area contributed by atoms with Gasteiger partial charge in [0, 0.05) is 55.1 Å². The monoisotopic (exact) mass is 679 g/mol. The molecule has 1 aromatic carbocycles. The summed E-state index contributed by atoms with van der Waals surface area (Å²) in [7, 11) is -2.78. The molecular weight excluding hydrogens is 628 g/mol. The quantitative estimate of drug-likeness (QED) is 0.105. The van der Waals surface area contributed by atoms with Gasteiger partial charge in [0.05, 0.1) is 11.0 Å². The summed E-state index contributed by atoms with van der Waals surface area (Å²) in [6.07, 6.45) is 8.73. The third-order valence-corrected chi connectivity index (χ3v) is 10.2. The molecule has 0 bridgehead atoms. The van der Waals surface area contributed by atoms with E-state index in [0.29, 0.717) is 31.8 Å². The molecule has 4 rings (SSSR count). The highest BCUT2D eigenvalue weighted by Gasteiger charge is 2.43. The van der Waals surface area contributed by atoms with E-state index < -0.39 is 21.5 Å². The first-order valence-corrected chi connectivity index (χ1v) is 18.2. The highest BCUT2D eigenvalue weighted by atomic mass is 32.2. The summed E-state index contributed by atoms with van der Waals surface area (Å²) in [5.41, 5.74) is 4.10. The molecule has 2 heterocycles. The molecule has 0 saturated carbocycles. The Morgan fingerprint density at radius 1 is 1.06 bits per heavy atom. The van der Waals surface area contributed by atoms with Crippen LogP contribution >= 0.6 is 0 Å². The van der Waals surface area contributed by atoms with Crippen LogP contribution in [-0.4, -0.2) is 57.4 Å². The largest absolute Gasteiger partial charge is 0.481 e. The lowest BCUT2D eigenvalue weighted by Crippen LogP contribution is -2.30. The first-order chi connectivity index (χ1) is 22.6. The molecular formula is C38H51N2O7S+. The summed E-state index contributed by atoms with van der Waals surface area (Å²) in [5, 5.41) is 10.2. The lowest BCUT2D eigenvalue weighted by atomic mass is 9.78. The summed E-state index contributed by atoms with van der Waals surface area (Å²) in [4.78, 5) is 13.1. The fourth-order valence-electron chi connectivity index (χ4n) is 6.64. The van der Waals surface area contributed by atoms with Crippen molar-refractivity contribution in [3.63, 3.8) is 0 Å². The van der Waals surface area contributed by atoms with Gasteiger partial charge in [-0.15, -0.1) is 0 Å². The van der Waals surface area contributed by atoms with Crippen molar-refractivity contribution in [1.82, 2.24) is 4.58 Å². The number of hydrogen-bond donors (Lipinski definition) is 2. The number of anilines is 1. The number of rotatable bonds is 14. The van der Waals surface area contributed by atoms with Gasteiger partial charge in [-0.25, -0.2) is 4.58 Å². The van der Waals surface area contributed by atoms with E-state index in [1.54, 1.807) is 19.2 Å². The second-order valence-corrected chi connectivity index (χ2v) is 15.1. The minimum Gasteiger partial charge on any atom is -0.481 e. The molecule has 0 aromatic heterocycles. The zero-order chi connectivity index (χ0) is 35.3. The zero-order valence-corrected chi connectivity index (χ0v) is 30.2. The van der Waals surface area contributed by atoms with E-state index in [0.717, 1.165) is 59.6 Å². The van der Waals surface area contributed by atoms with Gasteiger partial charge in [-0.2, -0.15) is 8.42 Å². The van der Waals surface area contributed by atoms with Crippen molar-refractivity contribution in [3.05, 3.63) is 82.6 Å². The Hall–Kier alpha value is -3.73. The number of carboxylic acid groups (broad SMARTS) is 1. The SMILES string of the molecule is CC[N+](CC)=c1ccc2c(C(C)(C)C)cc(/C=C/C=C3/N(CCCCCC(=O)O)c4ccc(S(=O)(=O)O)cc4C3(C)CCOC)oc-2c1. The van der Waals surface area contributed by atoms with Gasteiger partial charge in [-0.05, 0) is 99.1 Å². The zero-order valence-electron chi connectivity index (χ0n) is 29.4. The molecule has 1 aliphatic carbocycles. The molecule has 0 fully saturated rings. The lowest BCUT2D eigenvalue weighted by molar-refractivity contribution is -0.137. The highest BCUT2D eigenvalue weighted by molar-refractivity contribution is 7.85. The van der Waals surface area contributed by atoms with Crippen LogP contribution in [0.4, 0.5) is 5.69 Å². The number of unbranched alkanes of at least 4 members (excludes halogenated alkanes) is 2. The molecule has 2 aliphatic heterocycles. The van der Waals surface area contributed by atoms with Crippen LogP contribution in [0.5, 0.6) is 0 Å². The number of ether oxygens (including phenoxy) is 1. The van der Waals surface area contributed by atoms with E-state index in [-0.39, 0.29) is 16.7 Å². The number of benzene rings is 2. The van der Waals surface area contributed by atoms with Crippen LogP contribution in [0.3, 0.4) is 0 Å². The van der Waals surface area contributed by atoms with Crippen molar-refractivity contribution in [2.75, 3.05) is 38.3 Å². The second-order valence-electron chi connectivity index (χ2n) is 13.7. The predicted octanol–water partition coefficient (Wildman–Crippen LogP) is 7.10. The van der Waals surface area contributed by atoms with E-state index >= 15 is 0 Å². The van der Waals surface area contributed by atoms with Gasteiger partial charge < -0.3 is 19.2 Å². The fourth-order valence-corrected chi connectivity index (χ4v) is 7.15. The topological polar surface area (TPSA) is 120 Å². The van der Waals surface area contributed by atoms with Crippen molar-refractivity contribution < 1.29 is 32.0 Å². The van der Waals surface area contributed by atoms with Gasteiger partial charge in [0.1, 0.15) is 24.6 Å². The molecule has 0 radical (unpaired) electrons. The number of fused-ring (bicyclic) bond motifs is 2. The van der Waals surface area contributed by atoms with Gasteiger partial charge in [0.15, 0.2) is 0 Å². The van der Waals surface area contributed by atoms with Crippen LogP contribution in [0.25, 0.3) is 17.4 Å². The summed E-state index contributed by atoms with van der Waals surface area (Å²) in [5.74, 6) is 0.720. The Morgan fingerprint density at radius 3 is 2.42 bits per heavy atom. The van der Waals surface area contributed by atoms with Crippen LogP contribution in [0.2, 0.25) is 0 Å². The average Bonchev–Trinajstić information content (AvgIpc) is 3.25. The molecule has 48 heavy (non-hydrogen) atoms. The van der Waals surface area contributed by atoms with Gasteiger partial charge in [0.2, 0.25) is 5.36 Å². The van der Waals surface area contributed by atoms with Crippen LogP contribution in [-0.2, 0) is 30.5 Å². The van der Waals surface area contributed by atoms with Crippen molar-refractivity contribution in [2.45, 2.75) is 89.4 Å². The first kappa shape index (κ1) is 37.1. The Morgan fingerprint density at radius 2 is 1.79 bits per heavy atom. The maximum absolute atomic E-state index is 12.2. The Kier molecular flexibility index (Phi) is 11.8. The smallest absolute Gasteiger partial charge is 0.303 e. The molecule has 0 saturated heterocycles.